The lowest BCUT2D eigenvalue weighted by Crippen LogP contribution is -2.24. The number of aryl methyl sites for hydroxylation is 5. The molecular weight excluding hydrogens is 436 g/mol. The Morgan fingerprint density at radius 3 is 2.76 bits per heavy atom. The van der Waals surface area contributed by atoms with Gasteiger partial charge in [0.15, 0.2) is 5.65 Å². The van der Waals surface area contributed by atoms with Crippen LogP contribution in [0, 0.1) is 20.8 Å². The van der Waals surface area contributed by atoms with Crippen LogP contribution in [0.15, 0.2) is 22.0 Å². The SMILES string of the molecule is Cc1nc2c(c(C)nn2C)c(C)c1CCC(=O)NCCCCCc1nc(-c2cccs2)no1. The molecule has 4 aromatic rings. The maximum atomic E-state index is 12.4. The summed E-state index contributed by atoms with van der Waals surface area (Å²) in [4.78, 5) is 22.5. The van der Waals surface area contributed by atoms with E-state index in [0.717, 1.165) is 58.5 Å². The molecule has 4 aromatic heterocycles. The molecule has 0 bridgehead atoms. The number of rotatable bonds is 10. The van der Waals surface area contributed by atoms with Crippen molar-refractivity contribution in [3.05, 3.63) is 45.9 Å². The molecule has 0 aliphatic rings. The van der Waals surface area contributed by atoms with Crippen molar-refractivity contribution in [2.24, 2.45) is 7.05 Å². The zero-order valence-corrected chi connectivity index (χ0v) is 20.5. The zero-order chi connectivity index (χ0) is 23.4. The van der Waals surface area contributed by atoms with Gasteiger partial charge < -0.3 is 9.84 Å². The molecule has 0 unspecified atom stereocenters. The van der Waals surface area contributed by atoms with Crippen LogP contribution in [0.5, 0.6) is 0 Å². The third-order valence-electron chi connectivity index (χ3n) is 5.93. The van der Waals surface area contributed by atoms with Gasteiger partial charge in [-0.05, 0) is 62.6 Å². The quantitative estimate of drug-likeness (QED) is 0.346. The summed E-state index contributed by atoms with van der Waals surface area (Å²) < 4.78 is 7.15. The Morgan fingerprint density at radius 2 is 1.97 bits per heavy atom. The van der Waals surface area contributed by atoms with Crippen LogP contribution in [0.2, 0.25) is 0 Å². The maximum absolute atomic E-state index is 12.4. The van der Waals surface area contributed by atoms with E-state index >= 15 is 0 Å². The normalized spacial score (nSPS) is 11.4. The number of hydrogen-bond donors (Lipinski definition) is 1. The molecule has 174 valence electrons. The Hall–Kier alpha value is -3.07. The second-order valence-electron chi connectivity index (χ2n) is 8.36. The number of amides is 1. The van der Waals surface area contributed by atoms with Crippen molar-refractivity contribution in [2.75, 3.05) is 6.54 Å². The third kappa shape index (κ3) is 5.30. The molecule has 0 aromatic carbocycles. The summed E-state index contributed by atoms with van der Waals surface area (Å²) >= 11 is 1.60. The van der Waals surface area contributed by atoms with E-state index in [1.807, 2.05) is 43.1 Å². The first-order chi connectivity index (χ1) is 15.9. The lowest BCUT2D eigenvalue weighted by Gasteiger charge is -2.11. The number of hydrogen-bond acceptors (Lipinski definition) is 7. The molecule has 0 atom stereocenters. The van der Waals surface area contributed by atoms with E-state index in [2.05, 4.69) is 27.5 Å². The Labute approximate surface area is 197 Å². The van der Waals surface area contributed by atoms with Crippen LogP contribution in [0.3, 0.4) is 0 Å². The van der Waals surface area contributed by atoms with Crippen LogP contribution in [0.25, 0.3) is 21.7 Å². The van der Waals surface area contributed by atoms with Gasteiger partial charge in [-0.1, -0.05) is 17.6 Å². The van der Waals surface area contributed by atoms with Crippen molar-refractivity contribution in [2.45, 2.75) is 59.3 Å². The Morgan fingerprint density at radius 1 is 1.12 bits per heavy atom. The fourth-order valence-corrected chi connectivity index (χ4v) is 4.87. The number of fused-ring (bicyclic) bond motifs is 1. The van der Waals surface area contributed by atoms with E-state index in [-0.39, 0.29) is 5.91 Å². The molecule has 1 N–H and O–H groups in total. The fourth-order valence-electron chi connectivity index (χ4n) is 4.23. The van der Waals surface area contributed by atoms with Crippen molar-refractivity contribution < 1.29 is 9.32 Å². The van der Waals surface area contributed by atoms with E-state index in [1.54, 1.807) is 11.3 Å². The monoisotopic (exact) mass is 466 g/mol. The van der Waals surface area contributed by atoms with Gasteiger partial charge in [-0.15, -0.1) is 11.3 Å². The molecule has 1 amide bonds. The van der Waals surface area contributed by atoms with Crippen LogP contribution < -0.4 is 5.32 Å². The number of nitrogens with one attached hydrogen (secondary N) is 1. The average molecular weight is 467 g/mol. The van der Waals surface area contributed by atoms with Crippen molar-refractivity contribution in [3.8, 4) is 10.7 Å². The summed E-state index contributed by atoms with van der Waals surface area (Å²) in [7, 11) is 1.92. The molecule has 0 saturated heterocycles. The van der Waals surface area contributed by atoms with Gasteiger partial charge in [0, 0.05) is 37.5 Å². The summed E-state index contributed by atoms with van der Waals surface area (Å²) in [6.07, 6.45) is 4.78. The Kier molecular flexibility index (Phi) is 7.17. The standard InChI is InChI=1S/C24H30N6O2S/c1-15-18(16(2)26-24-22(15)17(3)28-30(24)4)11-12-20(31)25-13-7-5-6-10-21-27-23(29-32-21)19-9-8-14-33-19/h8-9,14H,5-7,10-13H2,1-4H3,(H,25,31). The van der Waals surface area contributed by atoms with E-state index in [1.165, 1.54) is 5.56 Å². The molecule has 33 heavy (non-hydrogen) atoms. The number of thiophene rings is 1. The van der Waals surface area contributed by atoms with Crippen LogP contribution >= 0.6 is 11.3 Å². The van der Waals surface area contributed by atoms with Crippen LogP contribution in [0.1, 0.15) is 54.1 Å². The average Bonchev–Trinajstić information content (AvgIpc) is 3.51. The van der Waals surface area contributed by atoms with E-state index < -0.39 is 0 Å². The summed E-state index contributed by atoms with van der Waals surface area (Å²) in [6, 6.07) is 3.96. The van der Waals surface area contributed by atoms with E-state index in [4.69, 9.17) is 9.51 Å². The number of aromatic nitrogens is 5. The highest BCUT2D eigenvalue weighted by molar-refractivity contribution is 7.13. The summed E-state index contributed by atoms with van der Waals surface area (Å²) in [6.45, 7) is 6.80. The van der Waals surface area contributed by atoms with Gasteiger partial charge in [-0.3, -0.25) is 9.48 Å². The molecule has 0 aliphatic carbocycles. The number of unbranched alkanes of at least 4 members (excludes halogenated alkanes) is 2. The van der Waals surface area contributed by atoms with Gasteiger partial charge in [0.1, 0.15) is 0 Å². The lowest BCUT2D eigenvalue weighted by atomic mass is 9.99. The highest BCUT2D eigenvalue weighted by atomic mass is 32.1. The molecule has 0 spiro atoms. The minimum absolute atomic E-state index is 0.0781. The van der Waals surface area contributed by atoms with Crippen LogP contribution in [0.4, 0.5) is 0 Å². The molecule has 0 fully saturated rings. The van der Waals surface area contributed by atoms with Crippen LogP contribution in [-0.2, 0) is 24.7 Å². The number of pyridine rings is 1. The van der Waals surface area contributed by atoms with Crippen molar-refractivity contribution in [3.63, 3.8) is 0 Å². The molecule has 0 radical (unpaired) electrons. The van der Waals surface area contributed by atoms with Crippen LogP contribution in [-0.4, -0.2) is 37.4 Å². The van der Waals surface area contributed by atoms with Crippen molar-refractivity contribution in [1.82, 2.24) is 30.2 Å². The predicted octanol–water partition coefficient (Wildman–Crippen LogP) is 4.47. The second kappa shape index (κ2) is 10.2. The van der Waals surface area contributed by atoms with Gasteiger partial charge in [0.25, 0.3) is 0 Å². The molecule has 0 saturated carbocycles. The first-order valence-corrected chi connectivity index (χ1v) is 12.2. The highest BCUT2D eigenvalue weighted by Gasteiger charge is 2.16. The van der Waals surface area contributed by atoms with Gasteiger partial charge in [-0.25, -0.2) is 4.98 Å². The van der Waals surface area contributed by atoms with Gasteiger partial charge in [-0.2, -0.15) is 10.1 Å². The smallest absolute Gasteiger partial charge is 0.226 e. The molecule has 4 heterocycles. The van der Waals surface area contributed by atoms with E-state index in [0.29, 0.717) is 31.1 Å². The topological polar surface area (TPSA) is 98.7 Å². The highest BCUT2D eigenvalue weighted by Crippen LogP contribution is 2.26. The van der Waals surface area contributed by atoms with Gasteiger partial charge in [0.2, 0.25) is 17.6 Å². The summed E-state index contributed by atoms with van der Waals surface area (Å²) in [5.41, 5.74) is 5.18. The Balaban J connectivity index is 1.17. The molecule has 9 heteroatoms. The predicted molar refractivity (Wildman–Crippen MR) is 129 cm³/mol. The number of carbonyl (C=O) groups excluding carboxylic acids is 1. The van der Waals surface area contributed by atoms with Crippen molar-refractivity contribution >= 4 is 28.3 Å². The number of nitrogens with zero attached hydrogens (tertiary/aromatic N) is 5. The Bertz CT molecular complexity index is 1240. The second-order valence-corrected chi connectivity index (χ2v) is 9.31. The summed E-state index contributed by atoms with van der Waals surface area (Å²) in [5, 5.41) is 14.7. The molecule has 0 aliphatic heterocycles. The first kappa shape index (κ1) is 23.1. The zero-order valence-electron chi connectivity index (χ0n) is 19.6. The van der Waals surface area contributed by atoms with Gasteiger partial charge >= 0.3 is 0 Å². The lowest BCUT2D eigenvalue weighted by molar-refractivity contribution is -0.121. The molecular formula is C24H30N6O2S. The fraction of sp³-hybridized carbons (Fsp3) is 0.458. The summed E-state index contributed by atoms with van der Waals surface area (Å²) in [5.74, 6) is 1.41. The van der Waals surface area contributed by atoms with Crippen molar-refractivity contribution in [1.29, 1.82) is 0 Å². The molecule has 8 nitrogen and oxygen atoms in total. The molecule has 4 rings (SSSR count). The largest absolute Gasteiger partial charge is 0.356 e. The van der Waals surface area contributed by atoms with E-state index in [9.17, 15) is 4.79 Å². The third-order valence-corrected chi connectivity index (χ3v) is 6.80. The minimum Gasteiger partial charge on any atom is -0.356 e. The first-order valence-electron chi connectivity index (χ1n) is 11.4. The maximum Gasteiger partial charge on any atom is 0.226 e. The van der Waals surface area contributed by atoms with Gasteiger partial charge in [0.05, 0.1) is 10.6 Å². The number of carbonyl (C=O) groups is 1. The minimum atomic E-state index is 0.0781.